The Morgan fingerprint density at radius 1 is 1.00 bits per heavy atom. The van der Waals surface area contributed by atoms with Gasteiger partial charge in [0.05, 0.1) is 10.9 Å². The van der Waals surface area contributed by atoms with E-state index < -0.39 is 0 Å². The number of aromatic nitrogens is 1. The molecule has 3 aromatic rings. The van der Waals surface area contributed by atoms with Gasteiger partial charge in [-0.1, -0.05) is 32.0 Å². The summed E-state index contributed by atoms with van der Waals surface area (Å²) in [6.45, 7) is 7.71. The highest BCUT2D eigenvalue weighted by molar-refractivity contribution is 5.95. The molecule has 0 spiro atoms. The van der Waals surface area contributed by atoms with Gasteiger partial charge in [-0.25, -0.2) is 0 Å². The Balaban J connectivity index is 1.98. The van der Waals surface area contributed by atoms with Crippen LogP contribution in [0.1, 0.15) is 13.8 Å². The van der Waals surface area contributed by atoms with Gasteiger partial charge in [0.15, 0.2) is 0 Å². The second-order valence-corrected chi connectivity index (χ2v) is 5.55. The molecule has 0 aliphatic carbocycles. The van der Waals surface area contributed by atoms with Gasteiger partial charge in [-0.2, -0.15) is 0 Å². The molecule has 3 rings (SSSR count). The summed E-state index contributed by atoms with van der Waals surface area (Å²) in [4.78, 5) is 18.4. The first kappa shape index (κ1) is 15.6. The van der Waals surface area contributed by atoms with Crippen LogP contribution in [-0.2, 0) is 0 Å². The van der Waals surface area contributed by atoms with E-state index in [-0.39, 0.29) is 5.43 Å². The molecular weight excluding hydrogens is 288 g/mol. The number of nitrogens with zero attached hydrogens (tertiary/aromatic N) is 1. The summed E-state index contributed by atoms with van der Waals surface area (Å²) in [6, 6.07) is 13.3. The third kappa shape index (κ3) is 3.08. The minimum atomic E-state index is 0.0211. The van der Waals surface area contributed by atoms with E-state index in [1.54, 1.807) is 0 Å². The Bertz CT molecular complexity index is 866. The van der Waals surface area contributed by atoms with E-state index in [9.17, 15) is 4.79 Å². The minimum absolute atomic E-state index is 0.0211. The van der Waals surface area contributed by atoms with E-state index in [1.807, 2.05) is 42.5 Å². The summed E-state index contributed by atoms with van der Waals surface area (Å²) >= 11 is 0. The normalized spacial score (nSPS) is 11.4. The third-order valence-corrected chi connectivity index (χ3v) is 4.25. The topological polar surface area (TPSA) is 45.3 Å². The number of hydrogen-bond donors (Lipinski definition) is 1. The second kappa shape index (κ2) is 6.84. The van der Waals surface area contributed by atoms with Crippen molar-refractivity contribution in [3.05, 3.63) is 52.7 Å². The van der Waals surface area contributed by atoms with E-state index in [1.165, 1.54) is 0 Å². The van der Waals surface area contributed by atoms with Crippen LogP contribution in [0.4, 0.5) is 0 Å². The van der Waals surface area contributed by atoms with E-state index in [0.717, 1.165) is 30.7 Å². The van der Waals surface area contributed by atoms with Crippen molar-refractivity contribution in [1.29, 1.82) is 0 Å². The number of H-pyrrole nitrogens is 1. The fourth-order valence-electron chi connectivity index (χ4n) is 2.88. The van der Waals surface area contributed by atoms with Crippen molar-refractivity contribution < 1.29 is 4.74 Å². The summed E-state index contributed by atoms with van der Waals surface area (Å²) in [5.74, 6) is 0.654. The van der Waals surface area contributed by atoms with E-state index >= 15 is 0 Å². The smallest absolute Gasteiger partial charge is 0.200 e. The first-order chi connectivity index (χ1) is 11.2. The van der Waals surface area contributed by atoms with E-state index in [2.05, 4.69) is 23.7 Å². The van der Waals surface area contributed by atoms with Crippen LogP contribution in [0.5, 0.6) is 5.75 Å². The fourth-order valence-corrected chi connectivity index (χ4v) is 2.88. The Kier molecular flexibility index (Phi) is 4.63. The summed E-state index contributed by atoms with van der Waals surface area (Å²) < 4.78 is 5.92. The zero-order valence-electron chi connectivity index (χ0n) is 13.6. The molecule has 0 saturated heterocycles. The second-order valence-electron chi connectivity index (χ2n) is 5.55. The lowest BCUT2D eigenvalue weighted by Gasteiger charge is -2.18. The molecule has 2 aromatic carbocycles. The molecule has 0 aliphatic heterocycles. The number of ether oxygens (including phenoxy) is 1. The average molecular weight is 310 g/mol. The lowest BCUT2D eigenvalue weighted by Crippen LogP contribution is -2.28. The van der Waals surface area contributed by atoms with Crippen molar-refractivity contribution in [2.75, 3.05) is 26.2 Å². The Morgan fingerprint density at radius 2 is 1.74 bits per heavy atom. The SMILES string of the molecule is CCN(CC)CCOc1cccc2[nH]c3ccccc3c(=O)c12. The van der Waals surface area contributed by atoms with Crippen molar-refractivity contribution in [2.24, 2.45) is 0 Å². The molecule has 1 heterocycles. The van der Waals surface area contributed by atoms with Crippen LogP contribution < -0.4 is 10.2 Å². The molecule has 1 N–H and O–H groups in total. The quantitative estimate of drug-likeness (QED) is 0.710. The summed E-state index contributed by atoms with van der Waals surface area (Å²) in [7, 11) is 0. The molecule has 4 nitrogen and oxygen atoms in total. The Labute approximate surface area is 135 Å². The summed E-state index contributed by atoms with van der Waals surface area (Å²) in [5.41, 5.74) is 1.69. The predicted molar refractivity (Wildman–Crippen MR) is 95.4 cm³/mol. The van der Waals surface area contributed by atoms with Gasteiger partial charge < -0.3 is 14.6 Å². The Hall–Kier alpha value is -2.33. The number of likely N-dealkylation sites (N-methyl/N-ethyl adjacent to an activating group) is 1. The largest absolute Gasteiger partial charge is 0.491 e. The van der Waals surface area contributed by atoms with Crippen molar-refractivity contribution in [3.63, 3.8) is 0 Å². The first-order valence-corrected chi connectivity index (χ1v) is 8.13. The molecule has 0 amide bonds. The van der Waals surface area contributed by atoms with E-state index in [4.69, 9.17) is 4.74 Å². The van der Waals surface area contributed by atoms with E-state index in [0.29, 0.717) is 23.1 Å². The monoisotopic (exact) mass is 310 g/mol. The van der Waals surface area contributed by atoms with Gasteiger partial charge in [-0.15, -0.1) is 0 Å². The molecule has 0 unspecified atom stereocenters. The van der Waals surface area contributed by atoms with Gasteiger partial charge >= 0.3 is 0 Å². The van der Waals surface area contributed by atoms with Crippen molar-refractivity contribution in [3.8, 4) is 5.75 Å². The minimum Gasteiger partial charge on any atom is -0.491 e. The zero-order valence-corrected chi connectivity index (χ0v) is 13.6. The molecule has 0 fully saturated rings. The highest BCUT2D eigenvalue weighted by Crippen LogP contribution is 2.23. The van der Waals surface area contributed by atoms with Crippen LogP contribution >= 0.6 is 0 Å². The molecule has 0 bridgehead atoms. The molecule has 4 heteroatoms. The maximum atomic E-state index is 12.8. The van der Waals surface area contributed by atoms with Crippen molar-refractivity contribution in [2.45, 2.75) is 13.8 Å². The maximum Gasteiger partial charge on any atom is 0.200 e. The summed E-state index contributed by atoms with van der Waals surface area (Å²) in [5, 5.41) is 1.32. The highest BCUT2D eigenvalue weighted by Gasteiger charge is 2.10. The van der Waals surface area contributed by atoms with Crippen LogP contribution in [0.15, 0.2) is 47.3 Å². The number of pyridine rings is 1. The molecule has 23 heavy (non-hydrogen) atoms. The number of benzene rings is 2. The van der Waals surface area contributed by atoms with Gasteiger partial charge in [0.2, 0.25) is 5.43 Å². The molecule has 0 aliphatic rings. The van der Waals surface area contributed by atoms with Gasteiger partial charge in [0.25, 0.3) is 0 Å². The van der Waals surface area contributed by atoms with Crippen molar-refractivity contribution >= 4 is 21.8 Å². The van der Waals surface area contributed by atoms with Crippen LogP contribution in [0.3, 0.4) is 0 Å². The molecule has 0 atom stereocenters. The van der Waals surface area contributed by atoms with Gasteiger partial charge in [-0.3, -0.25) is 4.79 Å². The molecule has 1 aromatic heterocycles. The van der Waals surface area contributed by atoms with Crippen LogP contribution in [-0.4, -0.2) is 36.1 Å². The zero-order chi connectivity index (χ0) is 16.2. The average Bonchev–Trinajstić information content (AvgIpc) is 2.59. The number of fused-ring (bicyclic) bond motifs is 2. The number of rotatable bonds is 6. The standard InChI is InChI=1S/C19H22N2O2/c1-3-21(4-2)12-13-23-17-11-7-10-16-18(17)19(22)14-8-5-6-9-15(14)20-16/h5-11H,3-4,12-13H2,1-2H3,(H,20,22). The maximum absolute atomic E-state index is 12.8. The van der Waals surface area contributed by atoms with Crippen LogP contribution in [0.25, 0.3) is 21.8 Å². The first-order valence-electron chi connectivity index (χ1n) is 8.13. The molecule has 0 saturated carbocycles. The molecule has 0 radical (unpaired) electrons. The third-order valence-electron chi connectivity index (χ3n) is 4.25. The Morgan fingerprint density at radius 3 is 2.52 bits per heavy atom. The summed E-state index contributed by atoms with van der Waals surface area (Å²) in [6.07, 6.45) is 0. The van der Waals surface area contributed by atoms with Gasteiger partial charge in [0.1, 0.15) is 12.4 Å². The number of aromatic amines is 1. The number of hydrogen-bond acceptors (Lipinski definition) is 3. The van der Waals surface area contributed by atoms with Crippen molar-refractivity contribution in [1.82, 2.24) is 9.88 Å². The lowest BCUT2D eigenvalue weighted by molar-refractivity contribution is 0.224. The van der Waals surface area contributed by atoms with Gasteiger partial charge in [-0.05, 0) is 37.4 Å². The molecule has 120 valence electrons. The molecular formula is C19H22N2O2. The number of nitrogens with one attached hydrogen (secondary N) is 1. The van der Waals surface area contributed by atoms with Crippen LogP contribution in [0.2, 0.25) is 0 Å². The lowest BCUT2D eigenvalue weighted by atomic mass is 10.1. The number of para-hydroxylation sites is 1. The van der Waals surface area contributed by atoms with Crippen LogP contribution in [0, 0.1) is 0 Å². The fraction of sp³-hybridized carbons (Fsp3) is 0.316. The predicted octanol–water partition coefficient (Wildman–Crippen LogP) is 3.40. The highest BCUT2D eigenvalue weighted by atomic mass is 16.5. The van der Waals surface area contributed by atoms with Gasteiger partial charge in [0, 0.05) is 17.4 Å².